The van der Waals surface area contributed by atoms with Gasteiger partial charge in [0.2, 0.25) is 5.79 Å². The van der Waals surface area contributed by atoms with Gasteiger partial charge in [0.25, 0.3) is 5.91 Å². The average molecular weight is 578 g/mol. The maximum absolute atomic E-state index is 13.8. The zero-order valence-corrected chi connectivity index (χ0v) is 21.3. The monoisotopic (exact) mass is 577 g/mol. The van der Waals surface area contributed by atoms with Crippen LogP contribution >= 0.6 is 11.3 Å². The van der Waals surface area contributed by atoms with Crippen molar-refractivity contribution in [2.45, 2.75) is 42.5 Å². The summed E-state index contributed by atoms with van der Waals surface area (Å²) < 4.78 is 54.9. The number of amides is 1. The fraction of sp³-hybridized carbons (Fsp3) is 0.360. The molecule has 0 unspecified atom stereocenters. The van der Waals surface area contributed by atoms with E-state index >= 15 is 0 Å². The first-order chi connectivity index (χ1) is 19.1. The average Bonchev–Trinajstić information content (AvgIpc) is 3.67. The smallest absolute Gasteiger partial charge is 0.250 e. The predicted octanol–water partition coefficient (Wildman–Crippen LogP) is 1.63. The van der Waals surface area contributed by atoms with E-state index in [-0.39, 0.29) is 23.4 Å². The topological polar surface area (TPSA) is 166 Å². The molecule has 0 radical (unpaired) electrons. The molecular weight excluding hydrogens is 555 g/mol. The van der Waals surface area contributed by atoms with Crippen molar-refractivity contribution in [1.82, 2.24) is 20.0 Å². The highest BCUT2D eigenvalue weighted by Crippen LogP contribution is 2.51. The Labute approximate surface area is 227 Å². The molecule has 2 aromatic heterocycles. The van der Waals surface area contributed by atoms with Crippen molar-refractivity contribution in [3.8, 4) is 11.3 Å². The van der Waals surface area contributed by atoms with Crippen molar-refractivity contribution < 1.29 is 42.8 Å². The number of aliphatic hydroxyl groups is 3. The molecule has 2 aliphatic heterocycles. The molecule has 2 fully saturated rings. The number of benzene rings is 2. The van der Waals surface area contributed by atoms with Crippen molar-refractivity contribution in [2.75, 3.05) is 13.2 Å². The number of para-hydroxylation sites is 1. The molecule has 1 spiro atoms. The lowest BCUT2D eigenvalue weighted by molar-refractivity contribution is -0.344. The van der Waals surface area contributed by atoms with Crippen LogP contribution < -0.4 is 5.73 Å². The number of hydrogen-bond donors (Lipinski definition) is 4. The summed E-state index contributed by atoms with van der Waals surface area (Å²) in [6.07, 6.45) is -2.78. The van der Waals surface area contributed by atoms with Crippen molar-refractivity contribution in [2.24, 2.45) is 5.73 Å². The molecule has 5 N–H and O–H groups in total. The zero-order chi connectivity index (χ0) is 28.3. The van der Waals surface area contributed by atoms with Gasteiger partial charge in [-0.1, -0.05) is 11.3 Å². The number of thiazole rings is 1. The van der Waals surface area contributed by atoms with Gasteiger partial charge in [-0.05, 0) is 30.7 Å². The third-order valence-corrected chi connectivity index (χ3v) is 8.43. The van der Waals surface area contributed by atoms with E-state index in [1.807, 2.05) is 0 Å². The molecule has 6 rings (SSSR count). The van der Waals surface area contributed by atoms with Gasteiger partial charge in [-0.3, -0.25) is 4.79 Å². The third-order valence-electron chi connectivity index (χ3n) is 7.30. The summed E-state index contributed by atoms with van der Waals surface area (Å²) >= 11 is 1.26. The zero-order valence-electron chi connectivity index (χ0n) is 20.4. The number of aromatic nitrogens is 4. The molecule has 2 aliphatic rings. The van der Waals surface area contributed by atoms with Gasteiger partial charge < -0.3 is 30.5 Å². The van der Waals surface area contributed by atoms with Crippen LogP contribution in [0.25, 0.3) is 21.5 Å². The first-order valence-corrected chi connectivity index (χ1v) is 13.0. The Balaban J connectivity index is 1.40. The van der Waals surface area contributed by atoms with Crippen LogP contribution in [0.4, 0.5) is 13.2 Å². The Bertz CT molecular complexity index is 1590. The fourth-order valence-electron chi connectivity index (χ4n) is 5.38. The molecule has 0 saturated carbocycles. The number of hydrogen-bond acceptors (Lipinski definition) is 10. The van der Waals surface area contributed by atoms with Crippen molar-refractivity contribution in [3.63, 3.8) is 0 Å². The van der Waals surface area contributed by atoms with Crippen molar-refractivity contribution >= 4 is 27.5 Å². The van der Waals surface area contributed by atoms with Crippen LogP contribution in [0.5, 0.6) is 0 Å². The molecule has 0 aliphatic carbocycles. The van der Waals surface area contributed by atoms with Crippen LogP contribution in [0.2, 0.25) is 0 Å². The summed E-state index contributed by atoms with van der Waals surface area (Å²) in [5.41, 5.74) is 5.93. The van der Waals surface area contributed by atoms with E-state index in [1.165, 1.54) is 17.5 Å². The molecule has 40 heavy (non-hydrogen) atoms. The SMILES string of the molecule is NC(=O)c1cccc2sc([C@@H]3CCO[C@]34O[C@H](CO)[C@H](O)[C@H](n3cc(-c5cc(F)c(F)c(F)c5)nn3)[C@H]4O)nc12. The molecule has 4 aromatic rings. The number of rotatable bonds is 5. The van der Waals surface area contributed by atoms with Crippen LogP contribution in [0.3, 0.4) is 0 Å². The minimum absolute atomic E-state index is 0.0627. The highest BCUT2D eigenvalue weighted by atomic mass is 32.1. The molecule has 210 valence electrons. The Morgan fingerprint density at radius 3 is 2.67 bits per heavy atom. The van der Waals surface area contributed by atoms with Gasteiger partial charge >= 0.3 is 0 Å². The molecular formula is C25H22F3N5O6S. The molecule has 4 heterocycles. The van der Waals surface area contributed by atoms with Gasteiger partial charge in [-0.15, -0.1) is 16.4 Å². The van der Waals surface area contributed by atoms with E-state index in [0.29, 0.717) is 21.6 Å². The van der Waals surface area contributed by atoms with Gasteiger partial charge in [0.05, 0.1) is 41.1 Å². The van der Waals surface area contributed by atoms with E-state index in [0.717, 1.165) is 16.8 Å². The lowest BCUT2D eigenvalue weighted by Crippen LogP contribution is -2.64. The number of nitrogens with zero attached hydrogens (tertiary/aromatic N) is 4. The number of fused-ring (bicyclic) bond motifs is 1. The molecule has 2 saturated heterocycles. The lowest BCUT2D eigenvalue weighted by Gasteiger charge is -2.49. The van der Waals surface area contributed by atoms with Crippen molar-refractivity contribution in [3.05, 3.63) is 64.6 Å². The van der Waals surface area contributed by atoms with Gasteiger partial charge in [0, 0.05) is 5.56 Å². The minimum atomic E-state index is -1.79. The molecule has 1 amide bonds. The lowest BCUT2D eigenvalue weighted by atomic mass is 9.83. The summed E-state index contributed by atoms with van der Waals surface area (Å²) in [6.45, 7) is -0.512. The van der Waals surface area contributed by atoms with Crippen LogP contribution in [0.1, 0.15) is 33.7 Å². The third kappa shape index (κ3) is 4.08. The number of halogens is 3. The van der Waals surface area contributed by atoms with E-state index < -0.39 is 66.0 Å². The quantitative estimate of drug-likeness (QED) is 0.258. The Morgan fingerprint density at radius 1 is 1.23 bits per heavy atom. The number of carbonyl (C=O) groups is 1. The van der Waals surface area contributed by atoms with Crippen LogP contribution in [-0.4, -0.2) is 78.5 Å². The summed E-state index contributed by atoms with van der Waals surface area (Å²) in [7, 11) is 0. The molecule has 0 bridgehead atoms. The summed E-state index contributed by atoms with van der Waals surface area (Å²) in [5.74, 6) is -7.62. The molecule has 6 atom stereocenters. The first-order valence-electron chi connectivity index (χ1n) is 12.2. The van der Waals surface area contributed by atoms with Crippen LogP contribution in [0, 0.1) is 17.5 Å². The largest absolute Gasteiger partial charge is 0.394 e. The summed E-state index contributed by atoms with van der Waals surface area (Å²) in [5, 5.41) is 41.0. The number of nitrogens with two attached hydrogens (primary N) is 1. The first kappa shape index (κ1) is 26.7. The van der Waals surface area contributed by atoms with Crippen molar-refractivity contribution in [1.29, 1.82) is 0 Å². The highest BCUT2D eigenvalue weighted by molar-refractivity contribution is 7.18. The van der Waals surface area contributed by atoms with Crippen LogP contribution in [0.15, 0.2) is 36.5 Å². The number of primary amides is 1. The second-order valence-electron chi connectivity index (χ2n) is 9.58. The number of carbonyl (C=O) groups excluding carboxylic acids is 1. The molecule has 2 aromatic carbocycles. The molecule has 11 nitrogen and oxygen atoms in total. The van der Waals surface area contributed by atoms with E-state index in [4.69, 9.17) is 15.2 Å². The van der Waals surface area contributed by atoms with Gasteiger partial charge in [0.1, 0.15) is 35.1 Å². The van der Waals surface area contributed by atoms with E-state index in [9.17, 15) is 33.3 Å². The molecule has 15 heteroatoms. The Kier molecular flexibility index (Phi) is 6.59. The Morgan fingerprint density at radius 2 is 1.98 bits per heavy atom. The fourth-order valence-corrected chi connectivity index (χ4v) is 6.57. The predicted molar refractivity (Wildman–Crippen MR) is 133 cm³/mol. The van der Waals surface area contributed by atoms with Gasteiger partial charge in [0.15, 0.2) is 17.5 Å². The highest BCUT2D eigenvalue weighted by Gasteiger charge is 2.62. The second-order valence-corrected chi connectivity index (χ2v) is 10.6. The maximum atomic E-state index is 13.8. The van der Waals surface area contributed by atoms with Crippen LogP contribution in [-0.2, 0) is 9.47 Å². The van der Waals surface area contributed by atoms with Gasteiger partial charge in [-0.2, -0.15) is 0 Å². The second kappa shape index (κ2) is 9.87. The normalized spacial score (nSPS) is 28.5. The van der Waals surface area contributed by atoms with E-state index in [2.05, 4.69) is 15.3 Å². The van der Waals surface area contributed by atoms with E-state index in [1.54, 1.807) is 18.2 Å². The summed E-state index contributed by atoms with van der Waals surface area (Å²) in [4.78, 5) is 16.6. The minimum Gasteiger partial charge on any atom is -0.394 e. The summed E-state index contributed by atoms with van der Waals surface area (Å²) in [6, 6.07) is 5.18. The number of ether oxygens (including phenoxy) is 2. The standard InChI is InChI=1S/C25H22F3N5O6S/c26-13-6-10(7-14(27)18(13)28)15-8-33(32-31-15)20-21(35)16(9-34)39-25(22(20)36)12(4-5-38-25)24-30-19-11(23(29)37)2-1-3-17(19)40-24/h1-3,6-8,12,16,20-22,34-36H,4-5,9H2,(H2,29,37)/t12-,16+,20-,21-,22+,25-/m0/s1. The maximum Gasteiger partial charge on any atom is 0.250 e. The number of aliphatic hydroxyl groups excluding tert-OH is 3. The van der Waals surface area contributed by atoms with Gasteiger partial charge in [-0.25, -0.2) is 22.8 Å². The Hall–Kier alpha value is -3.47.